The molecular weight excluding hydrogens is 387 g/mol. The third kappa shape index (κ3) is 3.26. The number of ether oxygens (including phenoxy) is 1. The number of rotatable bonds is 5. The van der Waals surface area contributed by atoms with E-state index in [0.717, 1.165) is 5.56 Å². The van der Waals surface area contributed by atoms with Gasteiger partial charge in [-0.2, -0.15) is 0 Å². The van der Waals surface area contributed by atoms with E-state index in [4.69, 9.17) is 4.74 Å². The SMILES string of the molecule is Cn1cnc2c(-c3ccc(C4(F)CC4)cc3)cnc(NCC3(O)CCOC3)c2c1=O. The summed E-state index contributed by atoms with van der Waals surface area (Å²) in [6.07, 6.45) is 4.78. The minimum atomic E-state index is -1.19. The summed E-state index contributed by atoms with van der Waals surface area (Å²) in [5.41, 5.74) is 0.300. The monoisotopic (exact) mass is 410 g/mol. The predicted octanol–water partition coefficient (Wildman–Crippen LogP) is 2.52. The van der Waals surface area contributed by atoms with Crippen molar-refractivity contribution in [2.45, 2.75) is 30.5 Å². The fourth-order valence-electron chi connectivity index (χ4n) is 3.89. The summed E-state index contributed by atoms with van der Waals surface area (Å²) < 4.78 is 21.0. The molecule has 1 aromatic carbocycles. The number of anilines is 1. The number of pyridine rings is 1. The largest absolute Gasteiger partial charge is 0.386 e. The lowest BCUT2D eigenvalue weighted by atomic mass is 10.0. The molecule has 2 fully saturated rings. The number of aryl methyl sites for hydroxylation is 1. The van der Waals surface area contributed by atoms with Gasteiger partial charge in [-0.05, 0) is 24.0 Å². The van der Waals surface area contributed by atoms with Gasteiger partial charge in [-0.3, -0.25) is 4.79 Å². The van der Waals surface area contributed by atoms with Crippen LogP contribution in [-0.4, -0.2) is 45.0 Å². The summed E-state index contributed by atoms with van der Waals surface area (Å²) in [5, 5.41) is 14.0. The van der Waals surface area contributed by atoms with Crippen molar-refractivity contribution in [1.82, 2.24) is 14.5 Å². The van der Waals surface area contributed by atoms with Crippen LogP contribution in [0.4, 0.5) is 10.2 Å². The molecule has 1 aliphatic carbocycles. The fourth-order valence-corrected chi connectivity index (χ4v) is 3.89. The molecule has 0 radical (unpaired) electrons. The van der Waals surface area contributed by atoms with E-state index in [1.54, 1.807) is 25.4 Å². The molecule has 2 aromatic heterocycles. The van der Waals surface area contributed by atoms with Crippen LogP contribution in [0.5, 0.6) is 0 Å². The molecule has 1 unspecified atom stereocenters. The summed E-state index contributed by atoms with van der Waals surface area (Å²) in [4.78, 5) is 21.9. The molecule has 0 bridgehead atoms. The van der Waals surface area contributed by atoms with Crippen LogP contribution in [0.15, 0.2) is 41.6 Å². The van der Waals surface area contributed by atoms with Crippen LogP contribution in [0.3, 0.4) is 0 Å². The van der Waals surface area contributed by atoms with Crippen LogP contribution >= 0.6 is 0 Å². The Hall–Kier alpha value is -2.84. The van der Waals surface area contributed by atoms with Gasteiger partial charge in [0.05, 0.1) is 18.5 Å². The molecule has 2 N–H and O–H groups in total. The highest BCUT2D eigenvalue weighted by atomic mass is 19.1. The van der Waals surface area contributed by atoms with Gasteiger partial charge in [0, 0.05) is 38.4 Å². The first-order valence-electron chi connectivity index (χ1n) is 10.1. The molecule has 1 saturated carbocycles. The van der Waals surface area contributed by atoms with E-state index in [0.29, 0.717) is 53.7 Å². The summed E-state index contributed by atoms with van der Waals surface area (Å²) >= 11 is 0. The van der Waals surface area contributed by atoms with Crippen LogP contribution in [-0.2, 0) is 17.5 Å². The van der Waals surface area contributed by atoms with E-state index < -0.39 is 11.3 Å². The summed E-state index contributed by atoms with van der Waals surface area (Å²) in [6, 6.07) is 7.26. The van der Waals surface area contributed by atoms with E-state index in [-0.39, 0.29) is 18.7 Å². The van der Waals surface area contributed by atoms with Gasteiger partial charge in [-0.1, -0.05) is 24.3 Å². The first-order chi connectivity index (χ1) is 14.4. The Morgan fingerprint density at radius 3 is 2.67 bits per heavy atom. The number of benzene rings is 1. The van der Waals surface area contributed by atoms with Gasteiger partial charge in [0.15, 0.2) is 0 Å². The van der Waals surface area contributed by atoms with Gasteiger partial charge in [-0.15, -0.1) is 0 Å². The molecule has 8 heteroatoms. The standard InChI is InChI=1S/C22H23FN4O3/c1-27-13-26-18-16(14-2-4-15(5-3-14)22(23)6-7-22)10-24-19(17(18)20(27)28)25-11-21(29)8-9-30-12-21/h2-5,10,13,29H,6-9,11-12H2,1H3,(H,24,25). The molecule has 7 nitrogen and oxygen atoms in total. The van der Waals surface area contributed by atoms with Gasteiger partial charge in [0.1, 0.15) is 22.5 Å². The molecule has 3 aromatic rings. The lowest BCUT2D eigenvalue weighted by molar-refractivity contribution is 0.0381. The number of nitrogens with zero attached hydrogens (tertiary/aromatic N) is 3. The van der Waals surface area contributed by atoms with E-state index in [1.165, 1.54) is 10.9 Å². The summed E-state index contributed by atoms with van der Waals surface area (Å²) in [7, 11) is 1.63. The minimum absolute atomic E-state index is 0.222. The summed E-state index contributed by atoms with van der Waals surface area (Å²) in [5.74, 6) is 0.375. The van der Waals surface area contributed by atoms with E-state index in [9.17, 15) is 14.3 Å². The zero-order valence-corrected chi connectivity index (χ0v) is 16.7. The number of fused-ring (bicyclic) bond motifs is 1. The highest BCUT2D eigenvalue weighted by molar-refractivity contribution is 5.98. The van der Waals surface area contributed by atoms with Gasteiger partial charge in [0.2, 0.25) is 0 Å². The maximum Gasteiger partial charge on any atom is 0.264 e. The maximum atomic E-state index is 14.3. The second-order valence-electron chi connectivity index (χ2n) is 8.33. The number of halogens is 1. The van der Waals surface area contributed by atoms with Crippen LogP contribution in [0.1, 0.15) is 24.8 Å². The van der Waals surface area contributed by atoms with E-state index >= 15 is 0 Å². The Labute approximate surface area is 172 Å². The molecule has 5 rings (SSSR count). The van der Waals surface area contributed by atoms with Gasteiger partial charge in [-0.25, -0.2) is 14.4 Å². The van der Waals surface area contributed by atoms with Crippen molar-refractivity contribution < 1.29 is 14.2 Å². The van der Waals surface area contributed by atoms with Crippen molar-refractivity contribution in [2.75, 3.05) is 25.1 Å². The Bertz CT molecular complexity index is 1170. The molecule has 1 aliphatic heterocycles. The topological polar surface area (TPSA) is 89.3 Å². The molecule has 1 atom stereocenters. The first-order valence-corrected chi connectivity index (χ1v) is 10.1. The van der Waals surface area contributed by atoms with Crippen molar-refractivity contribution >= 4 is 16.7 Å². The van der Waals surface area contributed by atoms with Gasteiger partial charge in [0.25, 0.3) is 5.56 Å². The number of aliphatic hydroxyl groups is 1. The van der Waals surface area contributed by atoms with Crippen LogP contribution in [0.2, 0.25) is 0 Å². The molecule has 1 saturated heterocycles. The first kappa shape index (κ1) is 19.1. The van der Waals surface area contributed by atoms with Crippen LogP contribution < -0.4 is 10.9 Å². The third-order valence-corrected chi connectivity index (χ3v) is 6.02. The van der Waals surface area contributed by atoms with E-state index in [2.05, 4.69) is 15.3 Å². The third-order valence-electron chi connectivity index (χ3n) is 6.02. The smallest absolute Gasteiger partial charge is 0.264 e. The molecule has 0 spiro atoms. The molecule has 156 valence electrons. The second kappa shape index (κ2) is 6.85. The van der Waals surface area contributed by atoms with Gasteiger partial charge >= 0.3 is 0 Å². The molecule has 3 heterocycles. The summed E-state index contributed by atoms with van der Waals surface area (Å²) in [6.45, 7) is 0.971. The van der Waals surface area contributed by atoms with Crippen molar-refractivity contribution in [3.05, 3.63) is 52.7 Å². The molecule has 2 aliphatic rings. The van der Waals surface area contributed by atoms with Crippen LogP contribution in [0.25, 0.3) is 22.0 Å². The van der Waals surface area contributed by atoms with Crippen LogP contribution in [0, 0.1) is 0 Å². The Kier molecular flexibility index (Phi) is 4.37. The quantitative estimate of drug-likeness (QED) is 0.672. The number of aromatic nitrogens is 3. The van der Waals surface area contributed by atoms with Gasteiger partial charge < -0.3 is 19.7 Å². The highest BCUT2D eigenvalue weighted by Crippen LogP contribution is 2.49. The Morgan fingerprint density at radius 1 is 1.23 bits per heavy atom. The zero-order chi connectivity index (χ0) is 20.9. The average Bonchev–Trinajstić information content (AvgIpc) is 3.36. The van der Waals surface area contributed by atoms with E-state index in [1.807, 2.05) is 12.1 Å². The highest BCUT2D eigenvalue weighted by Gasteiger charge is 2.44. The molecular formula is C22H23FN4O3. The van der Waals surface area contributed by atoms with Crippen molar-refractivity contribution in [1.29, 1.82) is 0 Å². The number of alkyl halides is 1. The maximum absolute atomic E-state index is 14.3. The number of hydrogen-bond acceptors (Lipinski definition) is 6. The molecule has 0 amide bonds. The number of hydrogen-bond donors (Lipinski definition) is 2. The lowest BCUT2D eigenvalue weighted by Gasteiger charge is -2.21. The fraction of sp³-hybridized carbons (Fsp3) is 0.409. The normalized spacial score (nSPS) is 22.4. The second-order valence-corrected chi connectivity index (χ2v) is 8.33. The Morgan fingerprint density at radius 2 is 2.00 bits per heavy atom. The van der Waals surface area contributed by atoms with Crippen molar-refractivity contribution in [2.24, 2.45) is 7.05 Å². The number of nitrogens with one attached hydrogen (secondary N) is 1. The lowest BCUT2D eigenvalue weighted by Crippen LogP contribution is -2.37. The average molecular weight is 410 g/mol. The zero-order valence-electron chi connectivity index (χ0n) is 16.7. The minimum Gasteiger partial charge on any atom is -0.386 e. The predicted molar refractivity (Wildman–Crippen MR) is 111 cm³/mol. The Balaban J connectivity index is 1.55. The molecule has 30 heavy (non-hydrogen) atoms. The van der Waals surface area contributed by atoms with Crippen molar-refractivity contribution in [3.8, 4) is 11.1 Å². The van der Waals surface area contributed by atoms with Crippen molar-refractivity contribution in [3.63, 3.8) is 0 Å².